The van der Waals surface area contributed by atoms with Gasteiger partial charge in [0.2, 0.25) is 0 Å². The van der Waals surface area contributed by atoms with E-state index in [1.165, 1.54) is 19.1 Å². The molecule has 7 heteroatoms. The molecule has 1 rings (SSSR count). The second kappa shape index (κ2) is 6.24. The minimum absolute atomic E-state index is 0. The summed E-state index contributed by atoms with van der Waals surface area (Å²) in [6.45, 7) is -4.81. The summed E-state index contributed by atoms with van der Waals surface area (Å²) in [6.07, 6.45) is 0. The minimum Gasteiger partial charge on any atom is -0.522 e. The van der Waals surface area contributed by atoms with Crippen molar-refractivity contribution in [1.82, 2.24) is 0 Å². The van der Waals surface area contributed by atoms with E-state index in [2.05, 4.69) is 4.74 Å². The number of halogens is 4. The van der Waals surface area contributed by atoms with Crippen LogP contribution in [0.5, 0.6) is 5.75 Å². The van der Waals surface area contributed by atoms with Gasteiger partial charge in [0.05, 0.1) is 6.51 Å². The first-order valence-corrected chi connectivity index (χ1v) is 3.98. The number of aryl methyl sites for hydroxylation is 1. The zero-order valence-corrected chi connectivity index (χ0v) is 11.6. The van der Waals surface area contributed by atoms with Gasteiger partial charge in [-0.2, -0.15) is 0 Å². The molecule has 0 aliphatic rings. The normalized spacial score (nSPS) is 10.7. The van der Waals surface area contributed by atoms with Crippen molar-refractivity contribution in [2.24, 2.45) is 0 Å². The fraction of sp³-hybridized carbons (Fsp3) is 0.250. The summed E-state index contributed by atoms with van der Waals surface area (Å²) < 4.78 is 52.5. The van der Waals surface area contributed by atoms with E-state index in [1.807, 2.05) is 0 Å². The van der Waals surface area contributed by atoms with Crippen LogP contribution in [0.2, 0.25) is 0 Å². The molecule has 78 valence electrons. The Balaban J connectivity index is 0.00000196. The van der Waals surface area contributed by atoms with Crippen molar-refractivity contribution in [2.75, 3.05) is 6.51 Å². The fourth-order valence-electron chi connectivity index (χ4n) is 0.898. The van der Waals surface area contributed by atoms with Gasteiger partial charge in [-0.05, 0) is 30.7 Å². The Kier molecular flexibility index (Phi) is 6.43. The van der Waals surface area contributed by atoms with Crippen LogP contribution < -0.4 is 56.1 Å². The largest absolute Gasteiger partial charge is 1.00 e. The second-order valence-electron chi connectivity index (χ2n) is 2.93. The molecular formula is C8H8BF4KO. The molecule has 0 aliphatic heterocycles. The van der Waals surface area contributed by atoms with Crippen LogP contribution in [-0.2, 0) is 0 Å². The van der Waals surface area contributed by atoms with Crippen molar-refractivity contribution >= 4 is 6.98 Å². The van der Waals surface area contributed by atoms with Crippen molar-refractivity contribution in [1.29, 1.82) is 0 Å². The molecule has 0 aliphatic carbocycles. The maximum absolute atomic E-state index is 12.7. The van der Waals surface area contributed by atoms with Gasteiger partial charge in [-0.25, -0.2) is 4.39 Å². The molecule has 0 saturated carbocycles. The van der Waals surface area contributed by atoms with E-state index in [0.29, 0.717) is 0 Å². The Hall–Kier alpha value is 0.441. The van der Waals surface area contributed by atoms with Gasteiger partial charge < -0.3 is 17.7 Å². The van der Waals surface area contributed by atoms with Crippen LogP contribution in [0.4, 0.5) is 17.3 Å². The molecular weight excluding hydrogens is 238 g/mol. The monoisotopic (exact) mass is 246 g/mol. The third-order valence-electron chi connectivity index (χ3n) is 1.57. The van der Waals surface area contributed by atoms with E-state index in [-0.39, 0.29) is 62.7 Å². The molecule has 1 aromatic carbocycles. The zero-order chi connectivity index (χ0) is 10.8. The molecule has 0 amide bonds. The molecule has 1 aromatic rings. The van der Waals surface area contributed by atoms with Crippen molar-refractivity contribution in [2.45, 2.75) is 6.92 Å². The van der Waals surface area contributed by atoms with Crippen LogP contribution in [0.3, 0.4) is 0 Å². The summed E-state index contributed by atoms with van der Waals surface area (Å²) in [5.74, 6) is -0.432. The molecule has 0 heterocycles. The summed E-state index contributed by atoms with van der Waals surface area (Å²) in [5.41, 5.74) is 0.261. The Bertz CT molecular complexity index is 329. The Morgan fingerprint density at radius 1 is 1.27 bits per heavy atom. The molecule has 0 N–H and O–H groups in total. The average molecular weight is 246 g/mol. The first-order valence-electron chi connectivity index (χ1n) is 3.98. The van der Waals surface area contributed by atoms with Crippen LogP contribution in [0.1, 0.15) is 5.56 Å². The van der Waals surface area contributed by atoms with Crippen LogP contribution in [-0.4, -0.2) is 13.5 Å². The van der Waals surface area contributed by atoms with Gasteiger partial charge in [-0.3, -0.25) is 0 Å². The van der Waals surface area contributed by atoms with Crippen LogP contribution in [0.25, 0.3) is 0 Å². The van der Waals surface area contributed by atoms with E-state index in [1.54, 1.807) is 0 Å². The number of hydrogen-bond acceptors (Lipinski definition) is 1. The molecule has 0 unspecified atom stereocenters. The van der Waals surface area contributed by atoms with Crippen molar-refractivity contribution < 1.29 is 73.5 Å². The zero-order valence-electron chi connectivity index (χ0n) is 8.44. The molecule has 0 spiro atoms. The SMILES string of the molecule is Cc1cc(OC[B-](F)(F)F)ccc1F.[K+]. The maximum Gasteiger partial charge on any atom is 1.00 e. The van der Waals surface area contributed by atoms with E-state index >= 15 is 0 Å². The van der Waals surface area contributed by atoms with E-state index in [0.717, 1.165) is 6.07 Å². The molecule has 15 heavy (non-hydrogen) atoms. The van der Waals surface area contributed by atoms with Crippen LogP contribution in [0.15, 0.2) is 18.2 Å². The Morgan fingerprint density at radius 2 is 1.87 bits per heavy atom. The molecule has 0 radical (unpaired) electrons. The molecule has 0 bridgehead atoms. The van der Waals surface area contributed by atoms with Gasteiger partial charge in [-0.15, -0.1) is 0 Å². The molecule has 0 atom stereocenters. The Labute approximate surface area is 128 Å². The topological polar surface area (TPSA) is 9.23 Å². The van der Waals surface area contributed by atoms with E-state index < -0.39 is 19.3 Å². The van der Waals surface area contributed by atoms with Gasteiger partial charge in [-0.1, -0.05) is 0 Å². The minimum atomic E-state index is -4.96. The van der Waals surface area contributed by atoms with Gasteiger partial charge >= 0.3 is 58.4 Å². The van der Waals surface area contributed by atoms with Gasteiger partial charge in [0.25, 0.3) is 0 Å². The van der Waals surface area contributed by atoms with Crippen molar-refractivity contribution in [3.8, 4) is 5.75 Å². The van der Waals surface area contributed by atoms with Crippen LogP contribution in [0, 0.1) is 12.7 Å². The summed E-state index contributed by atoms with van der Waals surface area (Å²) in [5, 5.41) is 0. The van der Waals surface area contributed by atoms with Crippen molar-refractivity contribution in [3.05, 3.63) is 29.6 Å². The molecule has 1 nitrogen and oxygen atoms in total. The predicted molar refractivity (Wildman–Crippen MR) is 45.7 cm³/mol. The van der Waals surface area contributed by atoms with Gasteiger partial charge in [0.1, 0.15) is 11.6 Å². The maximum atomic E-state index is 12.7. The first kappa shape index (κ1) is 15.4. The second-order valence-corrected chi connectivity index (χ2v) is 2.93. The summed E-state index contributed by atoms with van der Waals surface area (Å²) in [4.78, 5) is 0. The standard InChI is InChI=1S/C8H8BF4O.K/c1-6-4-7(2-3-8(6)10)14-5-9(11,12)13;/h2-4H,5H2,1H3;/q-1;+1. The first-order chi connectivity index (χ1) is 6.38. The summed E-state index contributed by atoms with van der Waals surface area (Å²) in [6, 6.07) is 3.48. The average Bonchev–Trinajstić information content (AvgIpc) is 2.06. The number of hydrogen-bond donors (Lipinski definition) is 0. The van der Waals surface area contributed by atoms with Gasteiger partial charge in [0.15, 0.2) is 0 Å². The number of rotatable bonds is 3. The van der Waals surface area contributed by atoms with E-state index in [9.17, 15) is 17.3 Å². The van der Waals surface area contributed by atoms with Gasteiger partial charge in [0, 0.05) is 0 Å². The number of ether oxygens (including phenoxy) is 1. The quantitative estimate of drug-likeness (QED) is 0.534. The number of benzene rings is 1. The fourth-order valence-corrected chi connectivity index (χ4v) is 0.898. The predicted octanol–water partition coefficient (Wildman–Crippen LogP) is -0.0965. The third-order valence-corrected chi connectivity index (χ3v) is 1.57. The van der Waals surface area contributed by atoms with Crippen LogP contribution >= 0.6 is 0 Å². The Morgan fingerprint density at radius 3 is 2.33 bits per heavy atom. The summed E-state index contributed by atoms with van der Waals surface area (Å²) >= 11 is 0. The van der Waals surface area contributed by atoms with Crippen molar-refractivity contribution in [3.63, 3.8) is 0 Å². The molecule has 0 aromatic heterocycles. The molecule has 0 fully saturated rings. The smallest absolute Gasteiger partial charge is 0.522 e. The van der Waals surface area contributed by atoms with E-state index in [4.69, 9.17) is 0 Å². The third kappa shape index (κ3) is 5.91. The molecule has 0 saturated heterocycles. The summed E-state index contributed by atoms with van der Waals surface area (Å²) in [7, 11) is 0.